The Morgan fingerprint density at radius 2 is 2.19 bits per heavy atom. The minimum absolute atomic E-state index is 0.217. The van der Waals surface area contributed by atoms with Crippen LogP contribution < -0.4 is 11.2 Å². The number of H-pyrrole nitrogens is 1. The summed E-state index contributed by atoms with van der Waals surface area (Å²) in [5.74, 6) is -0.767. The first-order chi connectivity index (χ1) is 10.0. The number of carbonyl (C=O) groups excluding carboxylic acids is 2. The van der Waals surface area contributed by atoms with Crippen molar-refractivity contribution in [1.82, 2.24) is 14.5 Å². The third kappa shape index (κ3) is 3.39. The van der Waals surface area contributed by atoms with Crippen LogP contribution in [0.4, 0.5) is 0 Å². The van der Waals surface area contributed by atoms with Crippen molar-refractivity contribution in [2.24, 2.45) is 0 Å². The van der Waals surface area contributed by atoms with Crippen LogP contribution in [-0.4, -0.2) is 45.5 Å². The fourth-order valence-corrected chi connectivity index (χ4v) is 2.35. The lowest BCUT2D eigenvalue weighted by atomic mass is 10.2. The second kappa shape index (κ2) is 6.38. The Bertz CT molecular complexity index is 648. The average Bonchev–Trinajstić information content (AvgIpc) is 2.91. The maximum Gasteiger partial charge on any atom is 0.328 e. The van der Waals surface area contributed by atoms with Gasteiger partial charge in [-0.15, -0.1) is 0 Å². The molecule has 21 heavy (non-hydrogen) atoms. The van der Waals surface area contributed by atoms with Crippen LogP contribution in [0.2, 0.25) is 0 Å². The van der Waals surface area contributed by atoms with Crippen LogP contribution in [0.1, 0.15) is 19.8 Å². The molecule has 1 aliphatic heterocycles. The highest BCUT2D eigenvalue weighted by atomic mass is 16.5. The Morgan fingerprint density at radius 1 is 1.43 bits per heavy atom. The van der Waals surface area contributed by atoms with Crippen LogP contribution in [0.3, 0.4) is 0 Å². The van der Waals surface area contributed by atoms with Crippen molar-refractivity contribution in [2.75, 3.05) is 13.2 Å². The number of carbonyl (C=O) groups is 2. The largest absolute Gasteiger partial charge is 0.464 e. The first-order valence-corrected chi connectivity index (χ1v) is 6.78. The molecule has 8 heteroatoms. The maximum absolute atomic E-state index is 12.2. The highest BCUT2D eigenvalue weighted by Crippen LogP contribution is 2.18. The lowest BCUT2D eigenvalue weighted by Crippen LogP contribution is -2.44. The zero-order valence-electron chi connectivity index (χ0n) is 11.7. The summed E-state index contributed by atoms with van der Waals surface area (Å²) in [7, 11) is 0. The van der Waals surface area contributed by atoms with Crippen molar-refractivity contribution in [2.45, 2.75) is 32.4 Å². The van der Waals surface area contributed by atoms with Crippen LogP contribution in [0.5, 0.6) is 0 Å². The normalized spacial score (nSPS) is 17.8. The first kappa shape index (κ1) is 15.0. The van der Waals surface area contributed by atoms with E-state index in [1.54, 1.807) is 6.92 Å². The van der Waals surface area contributed by atoms with Crippen LogP contribution in [0.25, 0.3) is 0 Å². The van der Waals surface area contributed by atoms with Crippen molar-refractivity contribution in [3.8, 4) is 0 Å². The van der Waals surface area contributed by atoms with Crippen molar-refractivity contribution in [1.29, 1.82) is 0 Å². The molecule has 0 saturated carbocycles. The molecule has 1 fully saturated rings. The molecule has 0 radical (unpaired) electrons. The van der Waals surface area contributed by atoms with Gasteiger partial charge in [0.1, 0.15) is 12.6 Å². The lowest BCUT2D eigenvalue weighted by Gasteiger charge is -2.23. The van der Waals surface area contributed by atoms with E-state index in [-0.39, 0.29) is 19.1 Å². The average molecular weight is 295 g/mol. The summed E-state index contributed by atoms with van der Waals surface area (Å²) in [4.78, 5) is 50.1. The summed E-state index contributed by atoms with van der Waals surface area (Å²) in [5, 5.41) is 0. The molecule has 0 spiro atoms. The van der Waals surface area contributed by atoms with Gasteiger partial charge in [-0.05, 0) is 19.8 Å². The van der Waals surface area contributed by atoms with Crippen LogP contribution in [-0.2, 0) is 20.9 Å². The number of esters is 1. The molecule has 1 N–H and O–H groups in total. The van der Waals surface area contributed by atoms with Crippen LogP contribution in [0.15, 0.2) is 21.9 Å². The van der Waals surface area contributed by atoms with Crippen molar-refractivity contribution >= 4 is 11.9 Å². The highest BCUT2D eigenvalue weighted by molar-refractivity contribution is 5.85. The summed E-state index contributed by atoms with van der Waals surface area (Å²) in [6, 6.07) is 0.581. The predicted octanol–water partition coefficient (Wildman–Crippen LogP) is -0.909. The summed E-state index contributed by atoms with van der Waals surface area (Å²) >= 11 is 0. The SMILES string of the molecule is CCOC(=O)C1CCCN1C(=O)Cn1ccc(=O)[nH]c1=O. The van der Waals surface area contributed by atoms with Gasteiger partial charge in [0, 0.05) is 18.8 Å². The summed E-state index contributed by atoms with van der Waals surface area (Å²) in [6.07, 6.45) is 2.54. The number of rotatable bonds is 4. The molecular weight excluding hydrogens is 278 g/mol. The second-order valence-corrected chi connectivity index (χ2v) is 4.74. The topological polar surface area (TPSA) is 101 Å². The number of nitrogens with zero attached hydrogens (tertiary/aromatic N) is 2. The van der Waals surface area contributed by atoms with E-state index in [2.05, 4.69) is 4.98 Å². The fourth-order valence-electron chi connectivity index (χ4n) is 2.35. The molecule has 1 unspecified atom stereocenters. The molecular formula is C13H17N3O5. The van der Waals surface area contributed by atoms with Crippen molar-refractivity contribution < 1.29 is 14.3 Å². The van der Waals surface area contributed by atoms with Gasteiger partial charge < -0.3 is 9.64 Å². The molecule has 2 heterocycles. The van der Waals surface area contributed by atoms with Gasteiger partial charge in [-0.1, -0.05) is 0 Å². The van der Waals surface area contributed by atoms with Gasteiger partial charge in [0.05, 0.1) is 6.61 Å². The first-order valence-electron chi connectivity index (χ1n) is 6.78. The maximum atomic E-state index is 12.2. The van der Waals surface area contributed by atoms with E-state index in [9.17, 15) is 19.2 Å². The summed E-state index contributed by atoms with van der Waals surface area (Å²) < 4.78 is 6.05. The zero-order chi connectivity index (χ0) is 15.4. The highest BCUT2D eigenvalue weighted by Gasteiger charge is 2.35. The Kier molecular flexibility index (Phi) is 4.56. The minimum atomic E-state index is -0.650. The lowest BCUT2D eigenvalue weighted by molar-refractivity contribution is -0.153. The molecule has 8 nitrogen and oxygen atoms in total. The molecule has 1 amide bonds. The van der Waals surface area contributed by atoms with E-state index in [4.69, 9.17) is 4.74 Å². The molecule has 1 atom stereocenters. The number of aromatic nitrogens is 2. The van der Waals surface area contributed by atoms with Gasteiger partial charge in [-0.3, -0.25) is 19.1 Å². The minimum Gasteiger partial charge on any atom is -0.464 e. The third-order valence-corrected chi connectivity index (χ3v) is 3.33. The van der Waals surface area contributed by atoms with Gasteiger partial charge in [-0.25, -0.2) is 9.59 Å². The van der Waals surface area contributed by atoms with Gasteiger partial charge in [0.15, 0.2) is 0 Å². The number of aromatic amines is 1. The number of nitrogens with one attached hydrogen (secondary N) is 1. The van der Waals surface area contributed by atoms with E-state index in [1.807, 2.05) is 0 Å². The van der Waals surface area contributed by atoms with E-state index in [1.165, 1.54) is 17.2 Å². The molecule has 1 aromatic heterocycles. The molecule has 114 valence electrons. The molecule has 0 aliphatic carbocycles. The smallest absolute Gasteiger partial charge is 0.328 e. The Balaban J connectivity index is 2.10. The van der Waals surface area contributed by atoms with Gasteiger partial charge in [0.2, 0.25) is 5.91 Å². The fraction of sp³-hybridized carbons (Fsp3) is 0.538. The molecule has 1 aliphatic rings. The quantitative estimate of drug-likeness (QED) is 0.725. The van der Waals surface area contributed by atoms with Crippen LogP contribution in [0, 0.1) is 0 Å². The number of amides is 1. The molecule has 0 aromatic carbocycles. The molecule has 2 rings (SSSR count). The molecule has 1 saturated heterocycles. The molecule has 1 aromatic rings. The van der Waals surface area contributed by atoms with E-state index in [0.29, 0.717) is 13.0 Å². The van der Waals surface area contributed by atoms with Crippen molar-refractivity contribution in [3.05, 3.63) is 33.1 Å². The second-order valence-electron chi connectivity index (χ2n) is 4.74. The van der Waals surface area contributed by atoms with Gasteiger partial charge in [-0.2, -0.15) is 0 Å². The summed E-state index contributed by atoms with van der Waals surface area (Å²) in [6.45, 7) is 2.21. The number of hydrogen-bond acceptors (Lipinski definition) is 5. The monoisotopic (exact) mass is 295 g/mol. The summed E-state index contributed by atoms with van der Waals surface area (Å²) in [5.41, 5.74) is -1.17. The Morgan fingerprint density at radius 3 is 2.86 bits per heavy atom. The third-order valence-electron chi connectivity index (χ3n) is 3.33. The zero-order valence-corrected chi connectivity index (χ0v) is 11.7. The van der Waals surface area contributed by atoms with Gasteiger partial charge in [0.25, 0.3) is 5.56 Å². The number of hydrogen-bond donors (Lipinski definition) is 1. The van der Waals surface area contributed by atoms with E-state index in [0.717, 1.165) is 11.0 Å². The van der Waals surface area contributed by atoms with Crippen LogP contribution >= 0.6 is 0 Å². The van der Waals surface area contributed by atoms with E-state index >= 15 is 0 Å². The van der Waals surface area contributed by atoms with Gasteiger partial charge >= 0.3 is 11.7 Å². The molecule has 0 bridgehead atoms. The number of likely N-dealkylation sites (tertiary alicyclic amines) is 1. The predicted molar refractivity (Wildman–Crippen MR) is 72.7 cm³/mol. The van der Waals surface area contributed by atoms with Crippen molar-refractivity contribution in [3.63, 3.8) is 0 Å². The Hall–Kier alpha value is -2.38. The number of ether oxygens (including phenoxy) is 1. The Labute approximate surface area is 120 Å². The van der Waals surface area contributed by atoms with E-state index < -0.39 is 23.3 Å². The standard InChI is InChI=1S/C13H17N3O5/c1-2-21-12(19)9-4-3-6-16(9)11(18)8-15-7-5-10(17)14-13(15)20/h5,7,9H,2-4,6,8H2,1H3,(H,14,17,20).